The summed E-state index contributed by atoms with van der Waals surface area (Å²) in [5.74, 6) is 2.22. The van der Waals surface area contributed by atoms with Gasteiger partial charge >= 0.3 is 0 Å². The summed E-state index contributed by atoms with van der Waals surface area (Å²) in [7, 11) is 5.23. The number of amides is 1. The van der Waals surface area contributed by atoms with E-state index in [4.69, 9.17) is 9.47 Å². The van der Waals surface area contributed by atoms with Crippen molar-refractivity contribution in [1.82, 2.24) is 14.9 Å². The van der Waals surface area contributed by atoms with Crippen molar-refractivity contribution in [3.8, 4) is 11.5 Å². The number of rotatable bonds is 5. The summed E-state index contributed by atoms with van der Waals surface area (Å²) in [5.41, 5.74) is 0.884. The minimum absolute atomic E-state index is 0.306. The van der Waals surface area contributed by atoms with Crippen molar-refractivity contribution in [3.05, 3.63) is 35.8 Å². The predicted molar refractivity (Wildman–Crippen MR) is 104 cm³/mol. The summed E-state index contributed by atoms with van der Waals surface area (Å²) >= 11 is 0. The van der Waals surface area contributed by atoms with E-state index in [1.165, 1.54) is 0 Å². The van der Waals surface area contributed by atoms with Crippen LogP contribution in [0.25, 0.3) is 0 Å². The zero-order valence-corrected chi connectivity index (χ0v) is 16.2. The molecule has 1 N–H and O–H groups in total. The lowest BCUT2D eigenvalue weighted by Gasteiger charge is -2.33. The predicted octanol–water partition coefficient (Wildman–Crippen LogP) is 1.81. The Hall–Kier alpha value is -2.87. The van der Waals surface area contributed by atoms with Gasteiger partial charge in [-0.1, -0.05) is 0 Å². The molecule has 27 heavy (non-hydrogen) atoms. The van der Waals surface area contributed by atoms with E-state index < -0.39 is 0 Å². The number of aryl methyl sites for hydroxylation is 1. The first-order valence-corrected chi connectivity index (χ1v) is 8.82. The maximum atomic E-state index is 12.8. The zero-order chi connectivity index (χ0) is 19.4. The minimum Gasteiger partial charge on any atom is -0.497 e. The van der Waals surface area contributed by atoms with Crippen molar-refractivity contribution in [2.45, 2.75) is 6.92 Å². The molecule has 1 fully saturated rings. The molecule has 0 aliphatic carbocycles. The molecule has 0 bridgehead atoms. The summed E-state index contributed by atoms with van der Waals surface area (Å²) in [6.45, 7) is 5.48. The Labute approximate surface area is 159 Å². The first kappa shape index (κ1) is 18.9. The molecular weight excluding hydrogens is 346 g/mol. The van der Waals surface area contributed by atoms with E-state index in [-0.39, 0.29) is 5.91 Å². The van der Waals surface area contributed by atoms with Crippen LogP contribution in [0.1, 0.15) is 16.3 Å². The highest BCUT2D eigenvalue weighted by molar-refractivity contribution is 6.04. The number of anilines is 2. The molecule has 1 amide bonds. The Morgan fingerprint density at radius 2 is 1.81 bits per heavy atom. The number of methoxy groups -OCH3 is 2. The normalized spacial score (nSPS) is 14.7. The second-order valence-electron chi connectivity index (χ2n) is 6.47. The van der Waals surface area contributed by atoms with Gasteiger partial charge in [0.25, 0.3) is 5.91 Å². The van der Waals surface area contributed by atoms with Gasteiger partial charge in [0.15, 0.2) is 0 Å². The fourth-order valence-electron chi connectivity index (χ4n) is 2.95. The third-order valence-electron chi connectivity index (χ3n) is 4.54. The number of likely N-dealkylation sites (N-methyl/N-ethyl adjacent to an activating group) is 1. The highest BCUT2D eigenvalue weighted by atomic mass is 16.5. The van der Waals surface area contributed by atoms with E-state index in [9.17, 15) is 4.79 Å². The number of nitrogens with zero attached hydrogens (tertiary/aromatic N) is 4. The zero-order valence-electron chi connectivity index (χ0n) is 16.2. The number of carbonyl (C=O) groups is 1. The van der Waals surface area contributed by atoms with Gasteiger partial charge < -0.3 is 24.6 Å². The molecule has 2 heterocycles. The van der Waals surface area contributed by atoms with E-state index in [0.717, 1.165) is 32.0 Å². The molecule has 1 saturated heterocycles. The Bertz CT molecular complexity index is 819. The van der Waals surface area contributed by atoms with Crippen LogP contribution in [0.3, 0.4) is 0 Å². The lowest BCUT2D eigenvalue weighted by molar-refractivity contribution is 0.102. The maximum absolute atomic E-state index is 12.8. The van der Waals surface area contributed by atoms with E-state index in [1.54, 1.807) is 45.4 Å². The second kappa shape index (κ2) is 8.22. The van der Waals surface area contributed by atoms with Crippen LogP contribution in [0, 0.1) is 6.92 Å². The average molecular weight is 371 g/mol. The lowest BCUT2D eigenvalue weighted by Crippen LogP contribution is -2.45. The number of aromatic nitrogens is 2. The van der Waals surface area contributed by atoms with Gasteiger partial charge in [-0.2, -0.15) is 0 Å². The molecule has 2 aromatic rings. The number of nitrogens with one attached hydrogen (secondary N) is 1. The van der Waals surface area contributed by atoms with Crippen LogP contribution in [-0.2, 0) is 0 Å². The molecule has 1 aliphatic rings. The molecule has 1 aliphatic heterocycles. The maximum Gasteiger partial charge on any atom is 0.274 e. The van der Waals surface area contributed by atoms with Crippen molar-refractivity contribution >= 4 is 17.4 Å². The molecule has 3 rings (SSSR count). The minimum atomic E-state index is -0.306. The molecular formula is C19H25N5O3. The number of piperazine rings is 1. The third-order valence-corrected chi connectivity index (χ3v) is 4.54. The summed E-state index contributed by atoms with van der Waals surface area (Å²) in [4.78, 5) is 26.0. The molecule has 144 valence electrons. The van der Waals surface area contributed by atoms with Crippen LogP contribution in [-0.4, -0.2) is 68.2 Å². The fraction of sp³-hybridized carbons (Fsp3) is 0.421. The van der Waals surface area contributed by atoms with E-state index in [1.807, 2.05) is 0 Å². The fourth-order valence-corrected chi connectivity index (χ4v) is 2.95. The first-order valence-electron chi connectivity index (χ1n) is 8.82. The average Bonchev–Trinajstić information content (AvgIpc) is 2.68. The number of hydrogen-bond acceptors (Lipinski definition) is 7. The van der Waals surface area contributed by atoms with E-state index in [2.05, 4.69) is 32.1 Å². The van der Waals surface area contributed by atoms with Gasteiger partial charge in [0, 0.05) is 38.3 Å². The highest BCUT2D eigenvalue weighted by Crippen LogP contribution is 2.29. The van der Waals surface area contributed by atoms with Gasteiger partial charge in [-0.25, -0.2) is 9.97 Å². The van der Waals surface area contributed by atoms with Crippen LogP contribution in [0.5, 0.6) is 11.5 Å². The molecule has 0 spiro atoms. The van der Waals surface area contributed by atoms with Gasteiger partial charge in [-0.3, -0.25) is 4.79 Å². The van der Waals surface area contributed by atoms with Crippen LogP contribution in [0.2, 0.25) is 0 Å². The van der Waals surface area contributed by atoms with Crippen LogP contribution in [0.15, 0.2) is 24.3 Å². The molecule has 0 atom stereocenters. The number of benzene rings is 1. The summed E-state index contributed by atoms with van der Waals surface area (Å²) in [6, 6.07) is 6.96. The van der Waals surface area contributed by atoms with Gasteiger partial charge in [-0.05, 0) is 26.1 Å². The monoisotopic (exact) mass is 371 g/mol. The van der Waals surface area contributed by atoms with Gasteiger partial charge in [0.1, 0.15) is 28.8 Å². The molecule has 8 nitrogen and oxygen atoms in total. The van der Waals surface area contributed by atoms with Crippen LogP contribution >= 0.6 is 0 Å². The lowest BCUT2D eigenvalue weighted by atomic mass is 10.2. The van der Waals surface area contributed by atoms with Crippen LogP contribution < -0.4 is 19.7 Å². The van der Waals surface area contributed by atoms with Crippen molar-refractivity contribution in [3.63, 3.8) is 0 Å². The number of hydrogen-bond donors (Lipinski definition) is 1. The van der Waals surface area contributed by atoms with Crippen LogP contribution in [0.4, 0.5) is 11.5 Å². The molecule has 0 saturated carbocycles. The molecule has 1 aromatic heterocycles. The van der Waals surface area contributed by atoms with Crippen molar-refractivity contribution in [2.75, 3.05) is 57.7 Å². The molecule has 0 unspecified atom stereocenters. The van der Waals surface area contributed by atoms with E-state index >= 15 is 0 Å². The standard InChI is InChI=1S/C19H25N5O3/c1-13-20-16(12-18(21-13)24-9-7-23(2)8-10-24)19(25)22-15-6-5-14(26-3)11-17(15)27-4/h5-6,11-12H,7-10H2,1-4H3,(H,22,25). The quantitative estimate of drug-likeness (QED) is 0.858. The van der Waals surface area contributed by atoms with Gasteiger partial charge in [0.2, 0.25) is 0 Å². The first-order chi connectivity index (χ1) is 13.0. The van der Waals surface area contributed by atoms with Gasteiger partial charge in [0.05, 0.1) is 19.9 Å². The number of ether oxygens (including phenoxy) is 2. The summed E-state index contributed by atoms with van der Waals surface area (Å²) < 4.78 is 10.5. The smallest absolute Gasteiger partial charge is 0.274 e. The molecule has 8 heteroatoms. The Kier molecular flexibility index (Phi) is 5.75. The highest BCUT2D eigenvalue weighted by Gasteiger charge is 2.19. The van der Waals surface area contributed by atoms with Crippen molar-refractivity contribution in [2.24, 2.45) is 0 Å². The number of carbonyl (C=O) groups excluding carboxylic acids is 1. The molecule has 0 radical (unpaired) electrons. The Morgan fingerprint density at radius 1 is 1.07 bits per heavy atom. The van der Waals surface area contributed by atoms with Gasteiger partial charge in [-0.15, -0.1) is 0 Å². The Balaban J connectivity index is 1.81. The largest absolute Gasteiger partial charge is 0.497 e. The summed E-state index contributed by atoms with van der Waals surface area (Å²) in [6.07, 6.45) is 0. The third kappa shape index (κ3) is 4.46. The van der Waals surface area contributed by atoms with Crippen molar-refractivity contribution < 1.29 is 14.3 Å². The SMILES string of the molecule is COc1ccc(NC(=O)c2cc(N3CCN(C)CC3)nc(C)n2)c(OC)c1. The second-order valence-corrected chi connectivity index (χ2v) is 6.47. The Morgan fingerprint density at radius 3 is 2.48 bits per heavy atom. The van der Waals surface area contributed by atoms with Crippen molar-refractivity contribution in [1.29, 1.82) is 0 Å². The summed E-state index contributed by atoms with van der Waals surface area (Å²) in [5, 5.41) is 2.86. The molecule has 1 aromatic carbocycles. The van der Waals surface area contributed by atoms with E-state index in [0.29, 0.717) is 28.7 Å². The topological polar surface area (TPSA) is 79.8 Å².